The first kappa shape index (κ1) is 11.8. The van der Waals surface area contributed by atoms with Gasteiger partial charge in [-0.1, -0.05) is 43.0 Å². The van der Waals surface area contributed by atoms with Crippen molar-refractivity contribution < 1.29 is 9.59 Å². The maximum absolute atomic E-state index is 12.3. The van der Waals surface area contributed by atoms with Crippen LogP contribution in [-0.4, -0.2) is 27.7 Å². The lowest BCUT2D eigenvalue weighted by molar-refractivity contribution is -0.140. The number of hydrogen-bond donors (Lipinski definition) is 0. The maximum atomic E-state index is 12.3. The van der Waals surface area contributed by atoms with Gasteiger partial charge in [0.05, 0.1) is 0 Å². The molecule has 0 saturated carbocycles. The molecule has 0 bridgehead atoms. The van der Waals surface area contributed by atoms with Crippen molar-refractivity contribution in [3.05, 3.63) is 35.4 Å². The molecule has 0 aliphatic carbocycles. The molecular formula is C14H15NO2S. The van der Waals surface area contributed by atoms with Crippen molar-refractivity contribution in [2.24, 2.45) is 5.92 Å². The van der Waals surface area contributed by atoms with E-state index in [-0.39, 0.29) is 23.0 Å². The number of fused-ring (bicyclic) bond motifs is 2. The molecule has 0 N–H and O–H groups in total. The van der Waals surface area contributed by atoms with Crippen LogP contribution in [0.25, 0.3) is 0 Å². The third-order valence-corrected chi connectivity index (χ3v) is 4.92. The molecule has 2 atom stereocenters. The van der Waals surface area contributed by atoms with Gasteiger partial charge in [0.1, 0.15) is 6.04 Å². The lowest BCUT2D eigenvalue weighted by Crippen LogP contribution is -2.47. The van der Waals surface area contributed by atoms with E-state index in [2.05, 4.69) is 6.07 Å². The fraction of sp³-hybridized carbons (Fsp3) is 0.429. The van der Waals surface area contributed by atoms with Crippen LogP contribution < -0.4 is 0 Å². The molecule has 2 aliphatic rings. The maximum Gasteiger partial charge on any atom is 0.227 e. The van der Waals surface area contributed by atoms with Crippen molar-refractivity contribution >= 4 is 22.8 Å². The molecule has 0 radical (unpaired) electrons. The average molecular weight is 261 g/mol. The summed E-state index contributed by atoms with van der Waals surface area (Å²) in [5, 5.41) is 0.141. The van der Waals surface area contributed by atoms with E-state index in [1.165, 1.54) is 22.9 Å². The molecule has 2 heterocycles. The van der Waals surface area contributed by atoms with E-state index in [9.17, 15) is 9.59 Å². The number of nitrogens with zero attached hydrogens (tertiary/aromatic N) is 1. The van der Waals surface area contributed by atoms with E-state index in [1.807, 2.05) is 25.1 Å². The van der Waals surface area contributed by atoms with E-state index in [0.29, 0.717) is 18.7 Å². The highest BCUT2D eigenvalue weighted by atomic mass is 32.2. The van der Waals surface area contributed by atoms with Crippen LogP contribution in [0.4, 0.5) is 0 Å². The van der Waals surface area contributed by atoms with Gasteiger partial charge in [-0.3, -0.25) is 9.59 Å². The van der Waals surface area contributed by atoms with Crippen LogP contribution >= 0.6 is 11.8 Å². The van der Waals surface area contributed by atoms with Crippen molar-refractivity contribution in [1.29, 1.82) is 0 Å². The molecule has 1 saturated heterocycles. The zero-order chi connectivity index (χ0) is 12.7. The summed E-state index contributed by atoms with van der Waals surface area (Å²) in [6.45, 7) is 2.49. The monoisotopic (exact) mass is 261 g/mol. The molecule has 1 unspecified atom stereocenters. The smallest absolute Gasteiger partial charge is 0.227 e. The van der Waals surface area contributed by atoms with Crippen LogP contribution in [0.15, 0.2) is 24.3 Å². The molecule has 4 heteroatoms. The molecule has 1 amide bonds. The van der Waals surface area contributed by atoms with Gasteiger partial charge in [-0.2, -0.15) is 0 Å². The Kier molecular flexibility index (Phi) is 2.90. The van der Waals surface area contributed by atoms with Crippen LogP contribution in [0.5, 0.6) is 0 Å². The van der Waals surface area contributed by atoms with Gasteiger partial charge < -0.3 is 4.90 Å². The van der Waals surface area contributed by atoms with Gasteiger partial charge in [-0.15, -0.1) is 0 Å². The lowest BCUT2D eigenvalue weighted by atomic mass is 9.93. The molecule has 94 valence electrons. The Bertz CT molecular complexity index is 514. The number of thioether (sulfide) groups is 1. The molecule has 3 rings (SSSR count). The van der Waals surface area contributed by atoms with E-state index in [1.54, 1.807) is 4.90 Å². The first-order valence-electron chi connectivity index (χ1n) is 6.20. The van der Waals surface area contributed by atoms with Gasteiger partial charge in [-0.25, -0.2) is 0 Å². The third kappa shape index (κ3) is 1.85. The summed E-state index contributed by atoms with van der Waals surface area (Å²) < 4.78 is 0. The topological polar surface area (TPSA) is 37.4 Å². The summed E-state index contributed by atoms with van der Waals surface area (Å²) in [5.74, 6) is 0.670. The highest BCUT2D eigenvalue weighted by Gasteiger charge is 2.39. The molecular weight excluding hydrogens is 246 g/mol. The molecule has 2 aliphatic heterocycles. The van der Waals surface area contributed by atoms with Crippen molar-refractivity contribution in [1.82, 2.24) is 4.90 Å². The molecule has 1 fully saturated rings. The van der Waals surface area contributed by atoms with Gasteiger partial charge >= 0.3 is 0 Å². The van der Waals surface area contributed by atoms with E-state index in [0.717, 1.165) is 0 Å². The second kappa shape index (κ2) is 4.43. The minimum absolute atomic E-state index is 0.0609. The van der Waals surface area contributed by atoms with Crippen LogP contribution in [0.3, 0.4) is 0 Å². The first-order valence-corrected chi connectivity index (χ1v) is 7.19. The molecule has 3 nitrogen and oxygen atoms in total. The van der Waals surface area contributed by atoms with Crippen molar-refractivity contribution in [3.8, 4) is 0 Å². The zero-order valence-corrected chi connectivity index (χ0v) is 11.1. The van der Waals surface area contributed by atoms with Crippen LogP contribution in [0, 0.1) is 5.92 Å². The largest absolute Gasteiger partial charge is 0.327 e. The third-order valence-electron chi connectivity index (χ3n) is 3.70. The summed E-state index contributed by atoms with van der Waals surface area (Å²) in [4.78, 5) is 26.2. The van der Waals surface area contributed by atoms with Crippen molar-refractivity contribution in [2.75, 3.05) is 5.75 Å². The predicted molar refractivity (Wildman–Crippen MR) is 71.1 cm³/mol. The number of amides is 1. The van der Waals surface area contributed by atoms with Gasteiger partial charge in [0.2, 0.25) is 11.0 Å². The Morgan fingerprint density at radius 1 is 1.22 bits per heavy atom. The molecule has 18 heavy (non-hydrogen) atoms. The lowest BCUT2D eigenvalue weighted by Gasteiger charge is -2.35. The Morgan fingerprint density at radius 2 is 1.94 bits per heavy atom. The fourth-order valence-corrected chi connectivity index (χ4v) is 3.58. The van der Waals surface area contributed by atoms with Crippen molar-refractivity contribution in [2.45, 2.75) is 25.9 Å². The Balaban J connectivity index is 2.00. The fourth-order valence-electron chi connectivity index (χ4n) is 2.62. The average Bonchev–Trinajstić information content (AvgIpc) is 2.50. The Morgan fingerprint density at radius 3 is 2.72 bits per heavy atom. The molecule has 1 aromatic carbocycles. The number of benzene rings is 1. The second-order valence-electron chi connectivity index (χ2n) is 4.99. The summed E-state index contributed by atoms with van der Waals surface area (Å²) in [5.41, 5.74) is 2.38. The normalized spacial score (nSPS) is 27.5. The van der Waals surface area contributed by atoms with Crippen molar-refractivity contribution in [3.63, 3.8) is 0 Å². The summed E-state index contributed by atoms with van der Waals surface area (Å²) in [7, 11) is 0. The number of rotatable bonds is 0. The van der Waals surface area contributed by atoms with Gasteiger partial charge in [0, 0.05) is 24.6 Å². The second-order valence-corrected chi connectivity index (χ2v) is 6.01. The standard InChI is InChI=1S/C14H15NO2S/c1-9-8-18-14(17)12-6-10-4-2-3-5-11(10)7-15(12)13(9)16/h2-5,9,12H,6-8H2,1H3/t9?,12-/m0/s1. The van der Waals surface area contributed by atoms with Gasteiger partial charge in [0.25, 0.3) is 0 Å². The number of carbonyl (C=O) groups is 2. The van der Waals surface area contributed by atoms with Crippen LogP contribution in [0.2, 0.25) is 0 Å². The molecule has 0 aromatic heterocycles. The predicted octanol–water partition coefficient (Wildman–Crippen LogP) is 1.85. The van der Waals surface area contributed by atoms with E-state index in [4.69, 9.17) is 0 Å². The molecule has 0 spiro atoms. The van der Waals surface area contributed by atoms with Gasteiger partial charge in [0.15, 0.2) is 0 Å². The highest BCUT2D eigenvalue weighted by Crippen LogP contribution is 2.31. The summed E-state index contributed by atoms with van der Waals surface area (Å²) in [6.07, 6.45) is 0.667. The minimum atomic E-state index is -0.262. The van der Waals surface area contributed by atoms with Gasteiger partial charge in [-0.05, 0) is 11.1 Å². The number of hydrogen-bond acceptors (Lipinski definition) is 3. The van der Waals surface area contributed by atoms with Crippen LogP contribution in [0.1, 0.15) is 18.1 Å². The van der Waals surface area contributed by atoms with E-state index < -0.39 is 0 Å². The SMILES string of the molecule is CC1CSC(=O)[C@@H]2Cc3ccccc3CN2C1=O. The summed E-state index contributed by atoms with van der Waals surface area (Å²) in [6, 6.07) is 7.83. The number of carbonyl (C=O) groups excluding carboxylic acids is 2. The Hall–Kier alpha value is -1.29. The van der Waals surface area contributed by atoms with Crippen LogP contribution in [-0.2, 0) is 22.6 Å². The quantitative estimate of drug-likeness (QED) is 0.715. The Labute approximate surface area is 111 Å². The van der Waals surface area contributed by atoms with E-state index >= 15 is 0 Å². The zero-order valence-electron chi connectivity index (χ0n) is 10.3. The summed E-state index contributed by atoms with van der Waals surface area (Å²) >= 11 is 1.31. The first-order chi connectivity index (χ1) is 8.66. The molecule has 1 aromatic rings. The minimum Gasteiger partial charge on any atom is -0.327 e. The highest BCUT2D eigenvalue weighted by molar-refractivity contribution is 8.13.